The summed E-state index contributed by atoms with van der Waals surface area (Å²) < 4.78 is 5.43. The second-order valence-electron chi connectivity index (χ2n) is 6.05. The van der Waals surface area contributed by atoms with Crippen molar-refractivity contribution in [1.82, 2.24) is 10.3 Å². The van der Waals surface area contributed by atoms with E-state index >= 15 is 0 Å². The standard InChI is InChI=1S/C21H18N2O2S2/c1-14-23-18(13-26-14)19-8-7-16(27-19)9-11-22-21(24)20-17(10-12-25-20)15-5-3-2-4-6-15/h2-8,10,12-13H,9,11H2,1H3,(H,22,24). The first-order valence-corrected chi connectivity index (χ1v) is 10.3. The molecule has 1 N–H and O–H groups in total. The second kappa shape index (κ2) is 7.90. The Morgan fingerprint density at radius 2 is 2.00 bits per heavy atom. The van der Waals surface area contributed by atoms with Crippen molar-refractivity contribution < 1.29 is 9.21 Å². The zero-order valence-electron chi connectivity index (χ0n) is 14.8. The van der Waals surface area contributed by atoms with Crippen molar-refractivity contribution in [2.45, 2.75) is 13.3 Å². The quantitative estimate of drug-likeness (QED) is 0.475. The van der Waals surface area contributed by atoms with Crippen LogP contribution in [0.15, 0.2) is 64.6 Å². The van der Waals surface area contributed by atoms with Crippen LogP contribution in [0.2, 0.25) is 0 Å². The minimum absolute atomic E-state index is 0.189. The summed E-state index contributed by atoms with van der Waals surface area (Å²) in [5.74, 6) is 0.164. The number of aryl methyl sites for hydroxylation is 1. The van der Waals surface area contributed by atoms with Gasteiger partial charge in [0.05, 0.1) is 21.8 Å². The zero-order valence-corrected chi connectivity index (χ0v) is 16.4. The largest absolute Gasteiger partial charge is 0.459 e. The van der Waals surface area contributed by atoms with Gasteiger partial charge in [-0.25, -0.2) is 4.98 Å². The van der Waals surface area contributed by atoms with E-state index in [0.29, 0.717) is 12.3 Å². The van der Waals surface area contributed by atoms with Gasteiger partial charge in [-0.1, -0.05) is 30.3 Å². The molecule has 4 rings (SSSR count). The zero-order chi connectivity index (χ0) is 18.6. The number of amides is 1. The number of nitrogens with zero attached hydrogens (tertiary/aromatic N) is 1. The number of carbonyl (C=O) groups excluding carboxylic acids is 1. The Labute approximate surface area is 165 Å². The molecule has 0 radical (unpaired) electrons. The highest BCUT2D eigenvalue weighted by atomic mass is 32.1. The summed E-state index contributed by atoms with van der Waals surface area (Å²) in [6.45, 7) is 2.57. The van der Waals surface area contributed by atoms with Crippen LogP contribution in [0.25, 0.3) is 21.7 Å². The smallest absolute Gasteiger partial charge is 0.287 e. The minimum Gasteiger partial charge on any atom is -0.459 e. The Morgan fingerprint density at radius 3 is 2.78 bits per heavy atom. The molecule has 0 saturated carbocycles. The fraction of sp³-hybridized carbons (Fsp3) is 0.143. The van der Waals surface area contributed by atoms with E-state index in [4.69, 9.17) is 4.42 Å². The molecule has 0 atom stereocenters. The topological polar surface area (TPSA) is 55.1 Å². The third kappa shape index (κ3) is 4.02. The van der Waals surface area contributed by atoms with Crippen LogP contribution in [-0.2, 0) is 6.42 Å². The number of furan rings is 1. The van der Waals surface area contributed by atoms with Gasteiger partial charge in [0.15, 0.2) is 5.76 Å². The molecule has 0 spiro atoms. The lowest BCUT2D eigenvalue weighted by atomic mass is 10.1. The van der Waals surface area contributed by atoms with E-state index < -0.39 is 0 Å². The van der Waals surface area contributed by atoms with Gasteiger partial charge in [0.1, 0.15) is 0 Å². The third-order valence-corrected chi connectivity index (χ3v) is 6.09. The number of nitrogens with one attached hydrogen (secondary N) is 1. The van der Waals surface area contributed by atoms with E-state index in [9.17, 15) is 4.79 Å². The van der Waals surface area contributed by atoms with E-state index in [1.54, 1.807) is 28.9 Å². The highest BCUT2D eigenvalue weighted by Gasteiger charge is 2.16. The molecule has 1 amide bonds. The molecule has 3 heterocycles. The molecule has 0 aliphatic rings. The Kier molecular flexibility index (Phi) is 5.18. The number of thiophene rings is 1. The average Bonchev–Trinajstić information content (AvgIpc) is 3.42. The maximum atomic E-state index is 12.5. The van der Waals surface area contributed by atoms with Gasteiger partial charge in [0, 0.05) is 22.4 Å². The minimum atomic E-state index is -0.189. The van der Waals surface area contributed by atoms with Gasteiger partial charge in [0.25, 0.3) is 5.91 Å². The first kappa shape index (κ1) is 17.7. The van der Waals surface area contributed by atoms with E-state index in [0.717, 1.165) is 33.1 Å². The monoisotopic (exact) mass is 394 g/mol. The molecule has 0 saturated heterocycles. The molecule has 0 unspecified atom stereocenters. The number of thiazole rings is 1. The average molecular weight is 395 g/mol. The van der Waals surface area contributed by atoms with E-state index in [1.165, 1.54) is 4.88 Å². The molecule has 0 fully saturated rings. The lowest BCUT2D eigenvalue weighted by Gasteiger charge is -2.05. The molecule has 0 bridgehead atoms. The molecule has 1 aromatic carbocycles. The molecular formula is C21H18N2O2S2. The highest BCUT2D eigenvalue weighted by molar-refractivity contribution is 7.16. The van der Waals surface area contributed by atoms with Crippen LogP contribution in [0.3, 0.4) is 0 Å². The molecular weight excluding hydrogens is 376 g/mol. The fourth-order valence-electron chi connectivity index (χ4n) is 2.84. The lowest BCUT2D eigenvalue weighted by Crippen LogP contribution is -2.25. The van der Waals surface area contributed by atoms with Crippen molar-refractivity contribution >= 4 is 28.6 Å². The summed E-state index contributed by atoms with van der Waals surface area (Å²) in [5.41, 5.74) is 2.81. The molecule has 4 nitrogen and oxygen atoms in total. The first-order valence-electron chi connectivity index (χ1n) is 8.63. The highest BCUT2D eigenvalue weighted by Crippen LogP contribution is 2.29. The maximum absolute atomic E-state index is 12.5. The van der Waals surface area contributed by atoms with Crippen molar-refractivity contribution in [3.05, 3.63) is 75.8 Å². The maximum Gasteiger partial charge on any atom is 0.287 e. The van der Waals surface area contributed by atoms with Crippen molar-refractivity contribution in [2.24, 2.45) is 0 Å². The Balaban J connectivity index is 1.37. The second-order valence-corrected chi connectivity index (χ2v) is 8.28. The molecule has 27 heavy (non-hydrogen) atoms. The third-order valence-electron chi connectivity index (χ3n) is 4.15. The number of benzene rings is 1. The number of hydrogen-bond donors (Lipinski definition) is 1. The van der Waals surface area contributed by atoms with E-state index in [2.05, 4.69) is 27.8 Å². The number of rotatable bonds is 6. The van der Waals surface area contributed by atoms with Crippen LogP contribution >= 0.6 is 22.7 Å². The van der Waals surface area contributed by atoms with Crippen LogP contribution in [-0.4, -0.2) is 17.4 Å². The summed E-state index contributed by atoms with van der Waals surface area (Å²) in [6.07, 6.45) is 2.33. The summed E-state index contributed by atoms with van der Waals surface area (Å²) >= 11 is 3.37. The normalized spacial score (nSPS) is 10.9. The van der Waals surface area contributed by atoms with Crippen LogP contribution in [0, 0.1) is 6.92 Å². The van der Waals surface area contributed by atoms with Crippen LogP contribution < -0.4 is 5.32 Å². The molecule has 0 aliphatic heterocycles. The predicted molar refractivity (Wildman–Crippen MR) is 110 cm³/mol. The van der Waals surface area contributed by atoms with Crippen LogP contribution in [0.4, 0.5) is 0 Å². The van der Waals surface area contributed by atoms with E-state index in [-0.39, 0.29) is 5.91 Å². The van der Waals surface area contributed by atoms with Gasteiger partial charge in [-0.2, -0.15) is 0 Å². The summed E-state index contributed by atoms with van der Waals surface area (Å²) in [7, 11) is 0. The van der Waals surface area contributed by atoms with Gasteiger partial charge >= 0.3 is 0 Å². The van der Waals surface area contributed by atoms with Gasteiger partial charge in [-0.05, 0) is 37.1 Å². The SMILES string of the molecule is Cc1nc(-c2ccc(CCNC(=O)c3occc3-c3ccccc3)s2)cs1. The predicted octanol–water partition coefficient (Wildman–Crippen LogP) is 5.41. The summed E-state index contributed by atoms with van der Waals surface area (Å²) in [6, 6.07) is 15.8. The molecule has 3 aromatic heterocycles. The Bertz CT molecular complexity index is 1050. The summed E-state index contributed by atoms with van der Waals surface area (Å²) in [5, 5.41) is 6.10. The summed E-state index contributed by atoms with van der Waals surface area (Å²) in [4.78, 5) is 19.4. The fourth-order valence-corrected chi connectivity index (χ4v) is 4.49. The van der Waals surface area contributed by atoms with Gasteiger partial charge in [-0.3, -0.25) is 4.79 Å². The Hall–Kier alpha value is -2.70. The van der Waals surface area contributed by atoms with Gasteiger partial charge in [0.2, 0.25) is 0 Å². The van der Waals surface area contributed by atoms with Crippen molar-refractivity contribution in [3.63, 3.8) is 0 Å². The molecule has 6 heteroatoms. The first-order chi connectivity index (χ1) is 13.2. The Morgan fingerprint density at radius 1 is 1.15 bits per heavy atom. The molecule has 136 valence electrons. The molecule has 4 aromatic rings. The number of carbonyl (C=O) groups is 1. The van der Waals surface area contributed by atoms with Gasteiger partial charge in [-0.15, -0.1) is 22.7 Å². The number of aromatic nitrogens is 1. The molecule has 0 aliphatic carbocycles. The van der Waals surface area contributed by atoms with Crippen molar-refractivity contribution in [1.29, 1.82) is 0 Å². The lowest BCUT2D eigenvalue weighted by molar-refractivity contribution is 0.0927. The van der Waals surface area contributed by atoms with Crippen molar-refractivity contribution in [2.75, 3.05) is 6.54 Å². The number of hydrogen-bond acceptors (Lipinski definition) is 5. The van der Waals surface area contributed by atoms with Crippen molar-refractivity contribution in [3.8, 4) is 21.7 Å². The van der Waals surface area contributed by atoms with Gasteiger partial charge < -0.3 is 9.73 Å². The van der Waals surface area contributed by atoms with Crippen LogP contribution in [0.1, 0.15) is 20.4 Å². The van der Waals surface area contributed by atoms with Crippen LogP contribution in [0.5, 0.6) is 0 Å². The van der Waals surface area contributed by atoms with E-state index in [1.807, 2.05) is 43.3 Å².